The second kappa shape index (κ2) is 3.42. The predicted octanol–water partition coefficient (Wildman–Crippen LogP) is 0.473. The molecule has 7 heavy (non-hydrogen) atoms. The molecule has 0 aromatic rings. The molecule has 4 nitrogen and oxygen atoms in total. The van der Waals surface area contributed by atoms with Crippen LogP contribution in [0.15, 0.2) is 10.3 Å². The van der Waals surface area contributed by atoms with Crippen molar-refractivity contribution >= 4 is 23.0 Å². The van der Waals surface area contributed by atoms with Crippen LogP contribution in [0.5, 0.6) is 0 Å². The molecule has 0 bridgehead atoms. The molecular weight excluding hydrogens is 119 g/mol. The summed E-state index contributed by atoms with van der Waals surface area (Å²) in [6.45, 7) is 0. The zero-order valence-electron chi connectivity index (χ0n) is 3.24. The largest absolute Gasteiger partial charge is 0.411 e. The molecule has 0 unspecified atom stereocenters. The van der Waals surface area contributed by atoms with E-state index >= 15 is 0 Å². The first kappa shape index (κ1) is 6.23. The molecular formula is C2H3ClN2O2. The van der Waals surface area contributed by atoms with Crippen molar-refractivity contribution in [1.82, 2.24) is 0 Å². The number of oxime groups is 2. The van der Waals surface area contributed by atoms with Crippen LogP contribution in [0.3, 0.4) is 0 Å². The van der Waals surface area contributed by atoms with Gasteiger partial charge < -0.3 is 10.4 Å². The van der Waals surface area contributed by atoms with Crippen LogP contribution in [0.2, 0.25) is 0 Å². The molecule has 40 valence electrons. The Kier molecular flexibility index (Phi) is 3.04. The lowest BCUT2D eigenvalue weighted by Crippen LogP contribution is -1.85. The van der Waals surface area contributed by atoms with Gasteiger partial charge in [0.25, 0.3) is 0 Å². The van der Waals surface area contributed by atoms with Crippen LogP contribution >= 0.6 is 11.6 Å². The third kappa shape index (κ3) is 3.05. The van der Waals surface area contributed by atoms with Crippen molar-refractivity contribution < 1.29 is 10.4 Å². The first-order valence-electron chi connectivity index (χ1n) is 1.36. The van der Waals surface area contributed by atoms with Crippen molar-refractivity contribution in [2.75, 3.05) is 0 Å². The van der Waals surface area contributed by atoms with Gasteiger partial charge in [-0.25, -0.2) is 0 Å². The van der Waals surface area contributed by atoms with E-state index in [2.05, 4.69) is 10.3 Å². The average Bonchev–Trinajstić information content (AvgIpc) is 1.68. The van der Waals surface area contributed by atoms with Crippen LogP contribution in [0.4, 0.5) is 0 Å². The molecule has 0 atom stereocenters. The molecule has 0 aliphatic carbocycles. The van der Waals surface area contributed by atoms with Crippen LogP contribution in [0.1, 0.15) is 0 Å². The van der Waals surface area contributed by atoms with Gasteiger partial charge in [0.1, 0.15) is 6.21 Å². The number of nitrogens with zero attached hydrogens (tertiary/aromatic N) is 2. The van der Waals surface area contributed by atoms with E-state index in [1.807, 2.05) is 0 Å². The zero-order chi connectivity index (χ0) is 5.70. The minimum Gasteiger partial charge on any atom is -0.411 e. The Bertz CT molecular complexity index is 99.9. The van der Waals surface area contributed by atoms with E-state index in [1.54, 1.807) is 0 Å². The Morgan fingerprint density at radius 2 is 2.14 bits per heavy atom. The lowest BCUT2D eigenvalue weighted by Gasteiger charge is -1.74. The Morgan fingerprint density at radius 3 is 2.29 bits per heavy atom. The molecule has 0 rings (SSSR count). The summed E-state index contributed by atoms with van der Waals surface area (Å²) in [5.74, 6) is 0. The van der Waals surface area contributed by atoms with Crippen molar-refractivity contribution in [3.8, 4) is 0 Å². The summed E-state index contributed by atoms with van der Waals surface area (Å²) >= 11 is 4.96. The molecule has 0 saturated heterocycles. The number of hydrogen-bond donors (Lipinski definition) is 2. The number of hydrogen-bond acceptors (Lipinski definition) is 4. The van der Waals surface area contributed by atoms with Gasteiger partial charge in [-0.3, -0.25) is 0 Å². The summed E-state index contributed by atoms with van der Waals surface area (Å²) in [4.78, 5) is 0. The highest BCUT2D eigenvalue weighted by molar-refractivity contribution is 6.79. The molecule has 0 aromatic heterocycles. The Balaban J connectivity index is 3.58. The summed E-state index contributed by atoms with van der Waals surface area (Å²) in [6.07, 6.45) is 0.793. The SMILES string of the molecule is ON=CC(Cl)=NO. The lowest BCUT2D eigenvalue weighted by molar-refractivity contribution is 0.317. The lowest BCUT2D eigenvalue weighted by atomic mass is 10.8. The Morgan fingerprint density at radius 1 is 1.57 bits per heavy atom. The average molecular weight is 123 g/mol. The minimum atomic E-state index is -0.262. The number of halogens is 1. The molecule has 2 N–H and O–H groups in total. The minimum absolute atomic E-state index is 0.262. The van der Waals surface area contributed by atoms with Crippen molar-refractivity contribution in [3.63, 3.8) is 0 Å². The van der Waals surface area contributed by atoms with E-state index in [0.717, 1.165) is 6.21 Å². The third-order valence-corrected chi connectivity index (χ3v) is 0.433. The fourth-order valence-corrected chi connectivity index (χ4v) is 0.117. The van der Waals surface area contributed by atoms with E-state index in [9.17, 15) is 0 Å². The smallest absolute Gasteiger partial charge is 0.189 e. The highest BCUT2D eigenvalue weighted by atomic mass is 35.5. The quantitative estimate of drug-likeness (QED) is 0.302. The Hall–Kier alpha value is -0.770. The van der Waals surface area contributed by atoms with E-state index in [1.165, 1.54) is 0 Å². The molecule has 0 saturated carbocycles. The second-order valence-corrected chi connectivity index (χ2v) is 1.05. The van der Waals surface area contributed by atoms with Crippen molar-refractivity contribution in [2.45, 2.75) is 0 Å². The van der Waals surface area contributed by atoms with E-state index < -0.39 is 0 Å². The first-order chi connectivity index (χ1) is 3.31. The zero-order valence-corrected chi connectivity index (χ0v) is 4.00. The van der Waals surface area contributed by atoms with Gasteiger partial charge in [-0.05, 0) is 0 Å². The maximum atomic E-state index is 7.72. The topological polar surface area (TPSA) is 65.2 Å². The van der Waals surface area contributed by atoms with Crippen LogP contribution in [-0.2, 0) is 0 Å². The molecule has 0 spiro atoms. The standard InChI is InChI=1S/C2H3ClN2O2/c3-2(5-7)1-4-6/h1,6-7H. The van der Waals surface area contributed by atoms with Gasteiger partial charge >= 0.3 is 0 Å². The molecule has 0 radical (unpaired) electrons. The molecule has 0 heterocycles. The van der Waals surface area contributed by atoms with Crippen molar-refractivity contribution in [1.29, 1.82) is 0 Å². The van der Waals surface area contributed by atoms with Crippen molar-refractivity contribution in [3.05, 3.63) is 0 Å². The fraction of sp³-hybridized carbons (Fsp3) is 0. The van der Waals surface area contributed by atoms with Gasteiger partial charge in [0.15, 0.2) is 5.17 Å². The van der Waals surface area contributed by atoms with E-state index in [4.69, 9.17) is 22.0 Å². The van der Waals surface area contributed by atoms with Crippen LogP contribution < -0.4 is 0 Å². The molecule has 0 fully saturated rings. The van der Waals surface area contributed by atoms with Crippen LogP contribution in [0, 0.1) is 0 Å². The summed E-state index contributed by atoms with van der Waals surface area (Å²) in [7, 11) is 0. The normalized spacial score (nSPS) is 13.0. The maximum Gasteiger partial charge on any atom is 0.189 e. The van der Waals surface area contributed by atoms with Gasteiger partial charge in [-0.1, -0.05) is 21.9 Å². The van der Waals surface area contributed by atoms with Crippen molar-refractivity contribution in [2.24, 2.45) is 10.3 Å². The van der Waals surface area contributed by atoms with Crippen LogP contribution in [0.25, 0.3) is 0 Å². The van der Waals surface area contributed by atoms with Gasteiger partial charge in [0.05, 0.1) is 0 Å². The summed E-state index contributed by atoms with van der Waals surface area (Å²) in [6, 6.07) is 0. The highest BCUT2D eigenvalue weighted by Gasteiger charge is 1.81. The second-order valence-electron chi connectivity index (χ2n) is 0.667. The molecule has 0 aliphatic heterocycles. The molecule has 0 amide bonds. The fourth-order valence-electron chi connectivity index (χ4n) is 0.0735. The highest BCUT2D eigenvalue weighted by Crippen LogP contribution is 1.76. The monoisotopic (exact) mass is 122 g/mol. The van der Waals surface area contributed by atoms with Crippen LogP contribution in [-0.4, -0.2) is 21.8 Å². The molecule has 0 aromatic carbocycles. The Labute approximate surface area is 44.7 Å². The van der Waals surface area contributed by atoms with Gasteiger partial charge in [-0.15, -0.1) is 0 Å². The first-order valence-corrected chi connectivity index (χ1v) is 1.74. The number of rotatable bonds is 1. The maximum absolute atomic E-state index is 7.72. The molecule has 5 heteroatoms. The molecule has 0 aliphatic rings. The summed E-state index contributed by atoms with van der Waals surface area (Å²) in [5, 5.41) is 20.0. The predicted molar refractivity (Wildman–Crippen MR) is 25.4 cm³/mol. The third-order valence-electron chi connectivity index (χ3n) is 0.260. The van der Waals surface area contributed by atoms with Gasteiger partial charge in [0, 0.05) is 0 Å². The van der Waals surface area contributed by atoms with Gasteiger partial charge in [0.2, 0.25) is 0 Å². The van der Waals surface area contributed by atoms with Gasteiger partial charge in [-0.2, -0.15) is 0 Å². The summed E-state index contributed by atoms with van der Waals surface area (Å²) in [5.41, 5.74) is 0. The van der Waals surface area contributed by atoms with E-state index in [0.29, 0.717) is 0 Å². The summed E-state index contributed by atoms with van der Waals surface area (Å²) < 4.78 is 0. The van der Waals surface area contributed by atoms with E-state index in [-0.39, 0.29) is 5.17 Å².